The summed E-state index contributed by atoms with van der Waals surface area (Å²) in [4.78, 5) is 0. The van der Waals surface area contributed by atoms with E-state index < -0.39 is 6.91 Å². The van der Waals surface area contributed by atoms with Crippen molar-refractivity contribution in [3.63, 3.8) is 0 Å². The van der Waals surface area contributed by atoms with E-state index in [9.17, 15) is 0 Å². The van der Waals surface area contributed by atoms with Crippen molar-refractivity contribution in [1.82, 2.24) is 0 Å². The van der Waals surface area contributed by atoms with E-state index in [1.807, 2.05) is 0 Å². The van der Waals surface area contributed by atoms with E-state index in [-0.39, 0.29) is 0 Å². The summed E-state index contributed by atoms with van der Waals surface area (Å²) in [5, 5.41) is 0. The molecule has 2 heteroatoms. The van der Waals surface area contributed by atoms with Crippen molar-refractivity contribution < 1.29 is 4.20 Å². The van der Waals surface area contributed by atoms with Crippen LogP contribution >= 0.6 is 6.91 Å². The van der Waals surface area contributed by atoms with Gasteiger partial charge < -0.3 is 0 Å². The van der Waals surface area contributed by atoms with Crippen LogP contribution in [-0.2, 0) is 0 Å². The third kappa shape index (κ3) is 6.18. The zero-order valence-electron chi connectivity index (χ0n) is 12.6. The molecule has 0 saturated heterocycles. The van der Waals surface area contributed by atoms with E-state index in [4.69, 9.17) is 0 Å². The fourth-order valence-electron chi connectivity index (χ4n) is 2.89. The van der Waals surface area contributed by atoms with Crippen LogP contribution in [0.3, 0.4) is 0 Å². The first-order valence-electron chi connectivity index (χ1n) is 7.76. The third-order valence-electron chi connectivity index (χ3n) is 3.99. The van der Waals surface area contributed by atoms with Gasteiger partial charge in [0.25, 0.3) is 0 Å². The fourth-order valence-corrected chi connectivity index (χ4v) is 8.67. The van der Waals surface area contributed by atoms with Crippen molar-refractivity contribution in [2.24, 2.45) is 0 Å². The average Bonchev–Trinajstić information content (AvgIpc) is 2.33. The Kier molecular flexibility index (Phi) is 8.64. The van der Waals surface area contributed by atoms with Crippen LogP contribution in [0.25, 0.3) is 0 Å². The Hall–Kier alpha value is 0.360. The minimum absolute atomic E-state index is 0.894. The second-order valence-corrected chi connectivity index (χ2v) is 11.2. The zero-order chi connectivity index (χ0) is 13.2. The standard InChI is InChI=1S/C15H34FP/c1-5-9-13-17(16,12-8-4,14-10-6-2)15-11-7-3/h5-15H2,1-4H3. The molecule has 0 rings (SSSR count). The molecule has 0 nitrogen and oxygen atoms in total. The average molecular weight is 264 g/mol. The van der Waals surface area contributed by atoms with Gasteiger partial charge in [-0.25, -0.2) is 0 Å². The first-order chi connectivity index (χ1) is 8.04. The monoisotopic (exact) mass is 264 g/mol. The van der Waals surface area contributed by atoms with Gasteiger partial charge in [0.2, 0.25) is 0 Å². The Labute approximate surface area is 109 Å². The van der Waals surface area contributed by atoms with Crippen molar-refractivity contribution in [2.45, 2.75) is 72.6 Å². The number of halogens is 1. The van der Waals surface area contributed by atoms with Gasteiger partial charge >= 0.3 is 108 Å². The first kappa shape index (κ1) is 17.4. The summed E-state index contributed by atoms with van der Waals surface area (Å²) in [6.07, 6.45) is 11.4. The predicted molar refractivity (Wildman–Crippen MR) is 82.5 cm³/mol. The summed E-state index contributed by atoms with van der Waals surface area (Å²) < 4.78 is 15.9. The number of hydrogen-bond acceptors (Lipinski definition) is 0. The van der Waals surface area contributed by atoms with Crippen molar-refractivity contribution in [3.05, 3.63) is 0 Å². The maximum absolute atomic E-state index is 15.9. The maximum atomic E-state index is 15.9. The van der Waals surface area contributed by atoms with Gasteiger partial charge in [-0.1, -0.05) is 0 Å². The molecule has 0 unspecified atom stereocenters. The van der Waals surface area contributed by atoms with Crippen molar-refractivity contribution >= 4 is 6.91 Å². The predicted octanol–water partition coefficient (Wildman–Crippen LogP) is 6.23. The molecule has 0 aromatic carbocycles. The van der Waals surface area contributed by atoms with Crippen molar-refractivity contribution in [3.8, 4) is 0 Å². The van der Waals surface area contributed by atoms with E-state index >= 15 is 4.20 Å². The molecule has 0 aliphatic carbocycles. The molecule has 0 bridgehead atoms. The molecule has 0 N–H and O–H groups in total. The fraction of sp³-hybridized carbons (Fsp3) is 1.00. The van der Waals surface area contributed by atoms with Crippen molar-refractivity contribution in [2.75, 3.05) is 24.6 Å². The van der Waals surface area contributed by atoms with Crippen LogP contribution in [0.4, 0.5) is 4.20 Å². The molecular formula is C15H34FP. The summed E-state index contributed by atoms with van der Waals surface area (Å²) in [6.45, 7) is 5.88. The van der Waals surface area contributed by atoms with Gasteiger partial charge in [0.1, 0.15) is 0 Å². The number of rotatable bonds is 11. The summed E-state index contributed by atoms with van der Waals surface area (Å²) in [5.41, 5.74) is 0. The topological polar surface area (TPSA) is 0 Å². The molecule has 0 radical (unpaired) electrons. The van der Waals surface area contributed by atoms with Gasteiger partial charge in [-0.3, -0.25) is 0 Å². The molecule has 0 aromatic rings. The molecule has 0 spiro atoms. The van der Waals surface area contributed by atoms with Gasteiger partial charge in [0, 0.05) is 0 Å². The second-order valence-electron chi connectivity index (χ2n) is 5.77. The van der Waals surface area contributed by atoms with E-state index in [0.717, 1.165) is 69.6 Å². The molecule has 0 aromatic heterocycles. The molecule has 0 fully saturated rings. The van der Waals surface area contributed by atoms with Crippen LogP contribution in [0, 0.1) is 0 Å². The SMILES string of the molecule is CCCCP(F)(CCC)(CCCC)CCCC. The molecule has 0 aliphatic rings. The van der Waals surface area contributed by atoms with Crippen LogP contribution in [-0.4, -0.2) is 24.6 Å². The Bertz CT molecular complexity index is 167. The molecule has 0 atom stereocenters. The van der Waals surface area contributed by atoms with Crippen LogP contribution in [0.2, 0.25) is 0 Å². The van der Waals surface area contributed by atoms with Crippen LogP contribution in [0.1, 0.15) is 72.6 Å². The summed E-state index contributed by atoms with van der Waals surface area (Å²) >= 11 is 0. The van der Waals surface area contributed by atoms with Gasteiger partial charge in [-0.2, -0.15) is 0 Å². The van der Waals surface area contributed by atoms with E-state index in [0.29, 0.717) is 0 Å². The zero-order valence-corrected chi connectivity index (χ0v) is 13.5. The van der Waals surface area contributed by atoms with E-state index in [1.54, 1.807) is 0 Å². The van der Waals surface area contributed by atoms with Crippen molar-refractivity contribution in [1.29, 1.82) is 0 Å². The molecule has 0 aliphatic heterocycles. The van der Waals surface area contributed by atoms with Gasteiger partial charge in [-0.15, -0.1) is 0 Å². The summed E-state index contributed by atoms with van der Waals surface area (Å²) in [7, 11) is 0. The number of hydrogen-bond donors (Lipinski definition) is 0. The Balaban J connectivity index is 4.76. The Morgan fingerprint density at radius 1 is 0.588 bits per heavy atom. The van der Waals surface area contributed by atoms with Gasteiger partial charge in [0.05, 0.1) is 0 Å². The third-order valence-corrected chi connectivity index (χ3v) is 9.86. The molecule has 17 heavy (non-hydrogen) atoms. The first-order valence-corrected chi connectivity index (χ1v) is 10.6. The molecule has 106 valence electrons. The van der Waals surface area contributed by atoms with Crippen LogP contribution < -0.4 is 0 Å². The Morgan fingerprint density at radius 3 is 1.18 bits per heavy atom. The van der Waals surface area contributed by atoms with Gasteiger partial charge in [-0.05, 0) is 0 Å². The number of unbranched alkanes of at least 4 members (excludes halogenated alkanes) is 3. The van der Waals surface area contributed by atoms with Gasteiger partial charge in [0.15, 0.2) is 0 Å². The molecule has 0 amide bonds. The molecular weight excluding hydrogens is 230 g/mol. The second kappa shape index (κ2) is 8.46. The summed E-state index contributed by atoms with van der Waals surface area (Å²) in [6, 6.07) is 0. The van der Waals surface area contributed by atoms with E-state index in [2.05, 4.69) is 27.7 Å². The minimum atomic E-state index is -2.84. The quantitative estimate of drug-likeness (QED) is 0.388. The summed E-state index contributed by atoms with van der Waals surface area (Å²) in [5.74, 6) is 0. The Morgan fingerprint density at radius 2 is 0.941 bits per heavy atom. The molecule has 0 heterocycles. The van der Waals surface area contributed by atoms with Crippen LogP contribution in [0.5, 0.6) is 0 Å². The normalized spacial score (nSPS) is 14.5. The van der Waals surface area contributed by atoms with E-state index in [1.165, 1.54) is 0 Å². The molecule has 0 saturated carbocycles. The van der Waals surface area contributed by atoms with Crippen LogP contribution in [0.15, 0.2) is 0 Å².